The summed E-state index contributed by atoms with van der Waals surface area (Å²) in [5.41, 5.74) is 0. The van der Waals surface area contributed by atoms with Crippen molar-refractivity contribution in [3.8, 4) is 0 Å². The van der Waals surface area contributed by atoms with Crippen LogP contribution in [0.5, 0.6) is 0 Å². The van der Waals surface area contributed by atoms with Crippen LogP contribution < -0.4 is 10.6 Å². The van der Waals surface area contributed by atoms with E-state index in [0.29, 0.717) is 37.1 Å². The molecule has 0 radical (unpaired) electrons. The van der Waals surface area contributed by atoms with E-state index < -0.39 is 5.97 Å². The molecule has 0 aliphatic heterocycles. The molecule has 1 aliphatic carbocycles. The molecule has 1 saturated carbocycles. The minimum atomic E-state index is -0.713. The van der Waals surface area contributed by atoms with E-state index in [4.69, 9.17) is 5.11 Å². The van der Waals surface area contributed by atoms with Crippen LogP contribution in [0.15, 0.2) is 0 Å². The Kier molecular flexibility index (Phi) is 6.99. The standard InChI is InChI=1S/C16H30N2O3/c1-10(2)14(11(3)4)9-17-16(21)18-13-7-5-12(6-8-13)15(19)20/h10-14H,5-9H2,1-4H3,(H,19,20)(H2,17,18,21). The molecule has 0 aromatic rings. The van der Waals surface area contributed by atoms with E-state index >= 15 is 0 Å². The Labute approximate surface area is 127 Å². The van der Waals surface area contributed by atoms with E-state index in [0.717, 1.165) is 12.8 Å². The summed E-state index contributed by atoms with van der Waals surface area (Å²) in [5, 5.41) is 14.9. The van der Waals surface area contributed by atoms with E-state index in [2.05, 4.69) is 38.3 Å². The third kappa shape index (κ3) is 5.94. The molecule has 2 amide bonds. The van der Waals surface area contributed by atoms with E-state index in [1.54, 1.807) is 0 Å². The smallest absolute Gasteiger partial charge is 0.315 e. The number of amides is 2. The van der Waals surface area contributed by atoms with Gasteiger partial charge in [-0.3, -0.25) is 4.79 Å². The molecule has 0 atom stereocenters. The highest BCUT2D eigenvalue weighted by Crippen LogP contribution is 2.24. The Morgan fingerprint density at radius 2 is 1.57 bits per heavy atom. The lowest BCUT2D eigenvalue weighted by molar-refractivity contribution is -0.142. The molecule has 0 aromatic heterocycles. The molecule has 0 aromatic carbocycles. The molecule has 21 heavy (non-hydrogen) atoms. The number of hydrogen-bond acceptors (Lipinski definition) is 2. The van der Waals surface area contributed by atoms with Crippen molar-refractivity contribution in [2.45, 2.75) is 59.4 Å². The average Bonchev–Trinajstić information content (AvgIpc) is 2.38. The molecule has 3 N–H and O–H groups in total. The Morgan fingerprint density at radius 1 is 1.05 bits per heavy atom. The quantitative estimate of drug-likeness (QED) is 0.705. The van der Waals surface area contributed by atoms with Gasteiger partial charge in [0.05, 0.1) is 5.92 Å². The van der Waals surface area contributed by atoms with Gasteiger partial charge in [0, 0.05) is 12.6 Å². The fraction of sp³-hybridized carbons (Fsp3) is 0.875. The van der Waals surface area contributed by atoms with E-state index in [1.807, 2.05) is 0 Å². The van der Waals surface area contributed by atoms with Crippen LogP contribution in [0, 0.1) is 23.7 Å². The summed E-state index contributed by atoms with van der Waals surface area (Å²) in [6.45, 7) is 9.40. The predicted octanol–water partition coefficient (Wildman–Crippen LogP) is 2.86. The van der Waals surface area contributed by atoms with Gasteiger partial charge in [0.25, 0.3) is 0 Å². The predicted molar refractivity (Wildman–Crippen MR) is 83.1 cm³/mol. The number of urea groups is 1. The normalized spacial score (nSPS) is 22.6. The van der Waals surface area contributed by atoms with Gasteiger partial charge in [-0.1, -0.05) is 27.7 Å². The molecule has 0 bridgehead atoms. The first kappa shape index (κ1) is 17.8. The van der Waals surface area contributed by atoms with Gasteiger partial charge >= 0.3 is 12.0 Å². The van der Waals surface area contributed by atoms with Crippen molar-refractivity contribution in [1.29, 1.82) is 0 Å². The monoisotopic (exact) mass is 298 g/mol. The maximum Gasteiger partial charge on any atom is 0.315 e. The Bertz CT molecular complexity index is 339. The summed E-state index contributed by atoms with van der Waals surface area (Å²) >= 11 is 0. The zero-order chi connectivity index (χ0) is 16.0. The summed E-state index contributed by atoms with van der Waals surface area (Å²) < 4.78 is 0. The van der Waals surface area contributed by atoms with E-state index in [-0.39, 0.29) is 18.0 Å². The van der Waals surface area contributed by atoms with Crippen LogP contribution in [-0.4, -0.2) is 29.7 Å². The van der Waals surface area contributed by atoms with E-state index in [1.165, 1.54) is 0 Å². The SMILES string of the molecule is CC(C)C(CNC(=O)NC1CCC(C(=O)O)CC1)C(C)C. The van der Waals surface area contributed by atoms with Crippen molar-refractivity contribution in [3.05, 3.63) is 0 Å². The first-order chi connectivity index (χ1) is 9.81. The fourth-order valence-electron chi connectivity index (χ4n) is 3.17. The largest absolute Gasteiger partial charge is 0.481 e. The molecule has 0 unspecified atom stereocenters. The summed E-state index contributed by atoms with van der Waals surface area (Å²) in [5.74, 6) is 0.595. The molecular formula is C16H30N2O3. The Morgan fingerprint density at radius 3 is 2.00 bits per heavy atom. The molecule has 1 rings (SSSR count). The van der Waals surface area contributed by atoms with Gasteiger partial charge in [-0.25, -0.2) is 4.79 Å². The molecule has 0 saturated heterocycles. The van der Waals surface area contributed by atoms with Crippen molar-refractivity contribution < 1.29 is 14.7 Å². The van der Waals surface area contributed by atoms with Gasteiger partial charge in [-0.05, 0) is 43.4 Å². The zero-order valence-electron chi connectivity index (χ0n) is 13.7. The fourth-order valence-corrected chi connectivity index (χ4v) is 3.17. The highest BCUT2D eigenvalue weighted by Gasteiger charge is 2.27. The summed E-state index contributed by atoms with van der Waals surface area (Å²) in [7, 11) is 0. The van der Waals surface area contributed by atoms with Crippen LogP contribution in [0.4, 0.5) is 4.79 Å². The van der Waals surface area contributed by atoms with Gasteiger partial charge in [-0.2, -0.15) is 0 Å². The van der Waals surface area contributed by atoms with Crippen LogP contribution in [0.2, 0.25) is 0 Å². The van der Waals surface area contributed by atoms with Crippen molar-refractivity contribution in [2.75, 3.05) is 6.54 Å². The maximum absolute atomic E-state index is 11.9. The lowest BCUT2D eigenvalue weighted by Crippen LogP contribution is -2.46. The van der Waals surface area contributed by atoms with Crippen molar-refractivity contribution in [1.82, 2.24) is 10.6 Å². The summed E-state index contributed by atoms with van der Waals surface area (Å²) in [4.78, 5) is 22.8. The number of hydrogen-bond donors (Lipinski definition) is 3. The maximum atomic E-state index is 11.9. The molecule has 0 heterocycles. The molecule has 0 spiro atoms. The highest BCUT2D eigenvalue weighted by molar-refractivity contribution is 5.74. The Hall–Kier alpha value is -1.26. The van der Waals surface area contributed by atoms with Gasteiger partial charge in [-0.15, -0.1) is 0 Å². The van der Waals surface area contributed by atoms with Gasteiger partial charge < -0.3 is 15.7 Å². The summed E-state index contributed by atoms with van der Waals surface area (Å²) in [6.07, 6.45) is 2.81. The topological polar surface area (TPSA) is 78.4 Å². The lowest BCUT2D eigenvalue weighted by Gasteiger charge is -2.28. The second-order valence-electron chi connectivity index (χ2n) is 6.89. The molecule has 122 valence electrons. The van der Waals surface area contributed by atoms with Gasteiger partial charge in [0.15, 0.2) is 0 Å². The molecule has 1 fully saturated rings. The van der Waals surface area contributed by atoms with Crippen LogP contribution >= 0.6 is 0 Å². The Balaban J connectivity index is 2.30. The highest BCUT2D eigenvalue weighted by atomic mass is 16.4. The van der Waals surface area contributed by atoms with E-state index in [9.17, 15) is 9.59 Å². The number of carbonyl (C=O) groups excluding carboxylic acids is 1. The van der Waals surface area contributed by atoms with Crippen LogP contribution in [0.3, 0.4) is 0 Å². The number of rotatable bonds is 6. The zero-order valence-corrected chi connectivity index (χ0v) is 13.7. The minimum absolute atomic E-state index is 0.108. The first-order valence-corrected chi connectivity index (χ1v) is 8.08. The molecular weight excluding hydrogens is 268 g/mol. The third-order valence-electron chi connectivity index (χ3n) is 4.62. The molecule has 5 heteroatoms. The van der Waals surface area contributed by atoms with Crippen LogP contribution in [-0.2, 0) is 4.79 Å². The number of aliphatic carboxylic acids is 1. The first-order valence-electron chi connectivity index (χ1n) is 8.08. The lowest BCUT2D eigenvalue weighted by atomic mass is 9.85. The molecule has 5 nitrogen and oxygen atoms in total. The number of carbonyl (C=O) groups is 2. The minimum Gasteiger partial charge on any atom is -0.481 e. The van der Waals surface area contributed by atoms with Gasteiger partial charge in [0.1, 0.15) is 0 Å². The van der Waals surface area contributed by atoms with Crippen LogP contribution in [0.25, 0.3) is 0 Å². The number of nitrogens with one attached hydrogen (secondary N) is 2. The molecule has 1 aliphatic rings. The van der Waals surface area contributed by atoms with Crippen molar-refractivity contribution in [3.63, 3.8) is 0 Å². The van der Waals surface area contributed by atoms with Gasteiger partial charge in [0.2, 0.25) is 0 Å². The number of carboxylic acids is 1. The van der Waals surface area contributed by atoms with Crippen molar-refractivity contribution >= 4 is 12.0 Å². The second kappa shape index (κ2) is 8.25. The third-order valence-corrected chi connectivity index (χ3v) is 4.62. The second-order valence-corrected chi connectivity index (χ2v) is 6.89. The summed E-state index contributed by atoms with van der Waals surface area (Å²) in [6, 6.07) is -0.0165. The average molecular weight is 298 g/mol. The van der Waals surface area contributed by atoms with Crippen LogP contribution in [0.1, 0.15) is 53.4 Å². The number of carboxylic acid groups (broad SMARTS) is 1. The van der Waals surface area contributed by atoms with Crippen molar-refractivity contribution in [2.24, 2.45) is 23.7 Å².